The summed E-state index contributed by atoms with van der Waals surface area (Å²) in [4.78, 5) is 27.5. The van der Waals surface area contributed by atoms with Crippen LogP contribution in [0.5, 0.6) is 5.75 Å². The zero-order valence-corrected chi connectivity index (χ0v) is 20.9. The minimum Gasteiger partial charge on any atom is -0.484 e. The number of nitrogens with one attached hydrogen (secondary N) is 1. The van der Waals surface area contributed by atoms with E-state index in [-0.39, 0.29) is 25.0 Å². The first-order valence-electron chi connectivity index (χ1n) is 10.1. The number of hydrogen-bond donors (Lipinski definition) is 1. The summed E-state index contributed by atoms with van der Waals surface area (Å²) >= 11 is 16.0. The van der Waals surface area contributed by atoms with Crippen LogP contribution in [0.1, 0.15) is 32.8 Å². The van der Waals surface area contributed by atoms with Crippen LogP contribution >= 0.6 is 39.1 Å². The number of hydrogen-bond acceptors (Lipinski definition) is 3. The summed E-state index contributed by atoms with van der Waals surface area (Å²) in [6, 6.07) is 11.7. The number of halogens is 3. The van der Waals surface area contributed by atoms with Crippen molar-refractivity contribution in [3.05, 3.63) is 62.5 Å². The van der Waals surface area contributed by atoms with Gasteiger partial charge in [0.1, 0.15) is 11.8 Å². The molecule has 2 amide bonds. The second kappa shape index (κ2) is 12.3. The molecule has 0 saturated heterocycles. The van der Waals surface area contributed by atoms with Gasteiger partial charge >= 0.3 is 0 Å². The van der Waals surface area contributed by atoms with Crippen molar-refractivity contribution in [1.29, 1.82) is 0 Å². The topological polar surface area (TPSA) is 58.6 Å². The molecular formula is C23H27BrCl2N2O3. The largest absolute Gasteiger partial charge is 0.484 e. The van der Waals surface area contributed by atoms with Crippen LogP contribution in [-0.4, -0.2) is 35.9 Å². The number of ether oxygens (including phenoxy) is 1. The second-order valence-electron chi connectivity index (χ2n) is 7.53. The Balaban J connectivity index is 2.25. The third-order valence-electron chi connectivity index (χ3n) is 4.64. The fraction of sp³-hybridized carbons (Fsp3) is 0.391. The van der Waals surface area contributed by atoms with E-state index in [0.717, 1.165) is 4.47 Å². The van der Waals surface area contributed by atoms with Gasteiger partial charge in [0, 0.05) is 33.2 Å². The van der Waals surface area contributed by atoms with E-state index < -0.39 is 6.04 Å². The normalized spacial score (nSPS) is 11.8. The number of carbonyl (C=O) groups is 2. The molecule has 0 aliphatic rings. The van der Waals surface area contributed by atoms with E-state index >= 15 is 0 Å². The molecule has 8 heteroatoms. The highest BCUT2D eigenvalue weighted by Crippen LogP contribution is 2.27. The fourth-order valence-corrected chi connectivity index (χ4v) is 3.74. The average molecular weight is 530 g/mol. The first-order chi connectivity index (χ1) is 14.7. The third-order valence-corrected chi connectivity index (χ3v) is 5.87. The molecule has 0 bridgehead atoms. The molecule has 0 radical (unpaired) electrons. The Morgan fingerprint density at radius 2 is 1.71 bits per heavy atom. The Bertz CT molecular complexity index is 871. The summed E-state index contributed by atoms with van der Waals surface area (Å²) in [5, 5.41) is 3.80. The summed E-state index contributed by atoms with van der Waals surface area (Å²) < 4.78 is 6.58. The van der Waals surface area contributed by atoms with Crippen molar-refractivity contribution in [1.82, 2.24) is 10.2 Å². The molecule has 5 nitrogen and oxygen atoms in total. The molecule has 0 spiro atoms. The second-order valence-corrected chi connectivity index (χ2v) is 9.26. The number of amides is 2. The van der Waals surface area contributed by atoms with Gasteiger partial charge in [0.05, 0.1) is 0 Å². The molecule has 2 aromatic carbocycles. The van der Waals surface area contributed by atoms with Crippen LogP contribution in [0, 0.1) is 5.92 Å². The summed E-state index contributed by atoms with van der Waals surface area (Å²) in [6.07, 6.45) is 0.440. The first-order valence-corrected chi connectivity index (χ1v) is 11.7. The molecule has 0 fully saturated rings. The number of carbonyl (C=O) groups excluding carboxylic acids is 2. The van der Waals surface area contributed by atoms with E-state index in [1.54, 1.807) is 30.3 Å². The molecule has 0 aliphatic carbocycles. The molecule has 1 atom stereocenters. The summed E-state index contributed by atoms with van der Waals surface area (Å²) in [6.45, 7) is 6.31. The average Bonchev–Trinajstić information content (AvgIpc) is 2.73. The van der Waals surface area contributed by atoms with Gasteiger partial charge in [-0.15, -0.1) is 0 Å². The monoisotopic (exact) mass is 528 g/mol. The number of rotatable bonds is 10. The van der Waals surface area contributed by atoms with Gasteiger partial charge < -0.3 is 15.0 Å². The highest BCUT2D eigenvalue weighted by molar-refractivity contribution is 9.10. The van der Waals surface area contributed by atoms with Crippen molar-refractivity contribution >= 4 is 50.9 Å². The van der Waals surface area contributed by atoms with Crippen molar-refractivity contribution in [2.24, 2.45) is 5.92 Å². The van der Waals surface area contributed by atoms with E-state index in [1.807, 2.05) is 32.9 Å². The van der Waals surface area contributed by atoms with E-state index in [2.05, 4.69) is 21.2 Å². The number of nitrogens with zero attached hydrogens (tertiary/aromatic N) is 1. The standard InChI is InChI=1S/C23H27BrCl2N2O3/c1-4-21(23(30)27-12-15(2)3)28(13-18-19(25)6-5-7-20(18)26)22(29)14-31-17-10-8-16(24)9-11-17/h5-11,15,21H,4,12-14H2,1-3H3,(H,27,30)/t21-/m1/s1. The molecule has 0 unspecified atom stereocenters. The maximum Gasteiger partial charge on any atom is 0.261 e. The Morgan fingerprint density at radius 1 is 1.10 bits per heavy atom. The predicted molar refractivity (Wildman–Crippen MR) is 129 cm³/mol. The lowest BCUT2D eigenvalue weighted by Crippen LogP contribution is -2.50. The summed E-state index contributed by atoms with van der Waals surface area (Å²) in [5.74, 6) is 0.316. The molecule has 0 heterocycles. The minimum atomic E-state index is -0.674. The predicted octanol–water partition coefficient (Wildman–Crippen LogP) is 5.71. The third kappa shape index (κ3) is 7.70. The molecule has 0 aliphatic heterocycles. The molecule has 2 aromatic rings. The van der Waals surface area contributed by atoms with Crippen molar-refractivity contribution in [2.75, 3.05) is 13.2 Å². The van der Waals surface area contributed by atoms with Crippen LogP contribution < -0.4 is 10.1 Å². The Hall–Kier alpha value is -1.76. The van der Waals surface area contributed by atoms with Gasteiger partial charge in [0.2, 0.25) is 5.91 Å². The zero-order chi connectivity index (χ0) is 23.0. The molecule has 0 aromatic heterocycles. The van der Waals surface area contributed by atoms with Gasteiger partial charge in [0.15, 0.2) is 6.61 Å². The lowest BCUT2D eigenvalue weighted by Gasteiger charge is -2.31. The maximum atomic E-state index is 13.2. The fourth-order valence-electron chi connectivity index (χ4n) is 2.95. The number of benzene rings is 2. The molecule has 2 rings (SSSR count). The Labute approximate surface area is 202 Å². The highest BCUT2D eigenvalue weighted by Gasteiger charge is 2.30. The van der Waals surface area contributed by atoms with Crippen molar-refractivity contribution < 1.29 is 14.3 Å². The smallest absolute Gasteiger partial charge is 0.261 e. The maximum absolute atomic E-state index is 13.2. The first kappa shape index (κ1) is 25.5. The van der Waals surface area contributed by atoms with Crippen LogP contribution in [0.3, 0.4) is 0 Å². The zero-order valence-electron chi connectivity index (χ0n) is 17.8. The van der Waals surface area contributed by atoms with Crippen molar-refractivity contribution in [2.45, 2.75) is 39.8 Å². The molecule has 1 N–H and O–H groups in total. The molecule has 31 heavy (non-hydrogen) atoms. The van der Waals surface area contributed by atoms with Gasteiger partial charge in [-0.1, -0.05) is 66.0 Å². The van der Waals surface area contributed by atoms with Gasteiger partial charge in [-0.3, -0.25) is 9.59 Å². The van der Waals surface area contributed by atoms with Crippen LogP contribution in [-0.2, 0) is 16.1 Å². The van der Waals surface area contributed by atoms with Crippen molar-refractivity contribution in [3.8, 4) is 5.75 Å². The Kier molecular flexibility index (Phi) is 10.1. The lowest BCUT2D eigenvalue weighted by molar-refractivity contribution is -0.143. The highest BCUT2D eigenvalue weighted by atomic mass is 79.9. The summed E-state index contributed by atoms with van der Waals surface area (Å²) in [5.41, 5.74) is 0.595. The van der Waals surface area contributed by atoms with Gasteiger partial charge in [-0.25, -0.2) is 0 Å². The quantitative estimate of drug-likeness (QED) is 0.428. The van der Waals surface area contributed by atoms with Crippen LogP contribution in [0.2, 0.25) is 10.0 Å². The van der Waals surface area contributed by atoms with Crippen LogP contribution in [0.4, 0.5) is 0 Å². The lowest BCUT2D eigenvalue weighted by atomic mass is 10.1. The van der Waals surface area contributed by atoms with E-state index in [4.69, 9.17) is 27.9 Å². The van der Waals surface area contributed by atoms with E-state index in [9.17, 15) is 9.59 Å². The summed E-state index contributed by atoms with van der Waals surface area (Å²) in [7, 11) is 0. The van der Waals surface area contributed by atoms with Crippen LogP contribution in [0.25, 0.3) is 0 Å². The minimum absolute atomic E-state index is 0.106. The van der Waals surface area contributed by atoms with Gasteiger partial charge in [-0.2, -0.15) is 0 Å². The molecular weight excluding hydrogens is 503 g/mol. The Morgan fingerprint density at radius 3 is 2.26 bits per heavy atom. The van der Waals surface area contributed by atoms with Crippen molar-refractivity contribution in [3.63, 3.8) is 0 Å². The van der Waals surface area contributed by atoms with Crippen LogP contribution in [0.15, 0.2) is 46.9 Å². The van der Waals surface area contributed by atoms with Gasteiger partial charge in [-0.05, 0) is 48.7 Å². The van der Waals surface area contributed by atoms with E-state index in [0.29, 0.717) is 40.2 Å². The van der Waals surface area contributed by atoms with Gasteiger partial charge in [0.25, 0.3) is 5.91 Å². The molecule has 0 saturated carbocycles. The molecule has 168 valence electrons. The van der Waals surface area contributed by atoms with E-state index in [1.165, 1.54) is 4.90 Å². The SMILES string of the molecule is CC[C@H](C(=O)NCC(C)C)N(Cc1c(Cl)cccc1Cl)C(=O)COc1ccc(Br)cc1.